The van der Waals surface area contributed by atoms with Crippen molar-refractivity contribution < 1.29 is 24.5 Å². The zero-order valence-corrected chi connectivity index (χ0v) is 15.8. The fourth-order valence-corrected chi connectivity index (χ4v) is 4.77. The Morgan fingerprint density at radius 3 is 1.83 bits per heavy atom. The lowest BCUT2D eigenvalue weighted by Crippen LogP contribution is -2.57. The topological polar surface area (TPSA) is 76.0 Å². The molecular formula is C24H20O5. The summed E-state index contributed by atoms with van der Waals surface area (Å²) in [4.78, 5) is 13.2. The van der Waals surface area contributed by atoms with Crippen molar-refractivity contribution in [1.82, 2.24) is 0 Å². The molecule has 5 nitrogen and oxygen atoms in total. The quantitative estimate of drug-likeness (QED) is 0.533. The van der Waals surface area contributed by atoms with E-state index in [1.165, 1.54) is 0 Å². The van der Waals surface area contributed by atoms with E-state index in [1.807, 2.05) is 12.1 Å². The molecule has 29 heavy (non-hydrogen) atoms. The third-order valence-electron chi connectivity index (χ3n) is 6.13. The van der Waals surface area contributed by atoms with Crippen LogP contribution in [0, 0.1) is 5.92 Å². The largest absolute Gasteiger partial charge is 0.497 e. The number of fused-ring (bicyclic) bond motifs is 1. The molecule has 3 aromatic rings. The lowest BCUT2D eigenvalue weighted by Gasteiger charge is -2.53. The molecule has 3 aliphatic rings. The van der Waals surface area contributed by atoms with Crippen molar-refractivity contribution in [2.75, 3.05) is 7.11 Å². The van der Waals surface area contributed by atoms with E-state index in [2.05, 4.69) is 0 Å². The fraction of sp³-hybridized carbons (Fsp3) is 0.208. The molecule has 3 aromatic carbocycles. The van der Waals surface area contributed by atoms with Crippen molar-refractivity contribution in [3.05, 3.63) is 95.1 Å². The molecule has 0 aromatic heterocycles. The molecule has 1 unspecified atom stereocenters. The predicted molar refractivity (Wildman–Crippen MR) is 106 cm³/mol. The number of methoxy groups -OCH3 is 1. The van der Waals surface area contributed by atoms with Crippen LogP contribution >= 0.6 is 0 Å². The van der Waals surface area contributed by atoms with E-state index in [0.717, 1.165) is 0 Å². The van der Waals surface area contributed by atoms with Crippen LogP contribution in [0.25, 0.3) is 0 Å². The van der Waals surface area contributed by atoms with Gasteiger partial charge in [0.25, 0.3) is 0 Å². The van der Waals surface area contributed by atoms with Gasteiger partial charge in [-0.2, -0.15) is 0 Å². The minimum atomic E-state index is -1.57. The van der Waals surface area contributed by atoms with Gasteiger partial charge in [0.05, 0.1) is 13.0 Å². The highest BCUT2D eigenvalue weighted by Gasteiger charge is 2.62. The lowest BCUT2D eigenvalue weighted by atomic mass is 9.54. The maximum absolute atomic E-state index is 13.2. The van der Waals surface area contributed by atoms with Crippen LogP contribution in [0.2, 0.25) is 0 Å². The number of esters is 1. The molecule has 146 valence electrons. The van der Waals surface area contributed by atoms with E-state index in [1.54, 1.807) is 67.8 Å². The summed E-state index contributed by atoms with van der Waals surface area (Å²) in [6, 6.07) is 21.1. The maximum Gasteiger partial charge on any atom is 0.318 e. The van der Waals surface area contributed by atoms with Gasteiger partial charge in [0.2, 0.25) is 0 Å². The summed E-state index contributed by atoms with van der Waals surface area (Å²) in [5, 5.41) is 23.6. The van der Waals surface area contributed by atoms with Crippen LogP contribution in [0.1, 0.15) is 28.7 Å². The molecule has 2 N–H and O–H groups in total. The third kappa shape index (κ3) is 2.38. The number of hydrogen-bond acceptors (Lipinski definition) is 5. The number of rotatable bonds is 3. The fourth-order valence-electron chi connectivity index (χ4n) is 4.77. The summed E-state index contributed by atoms with van der Waals surface area (Å²) >= 11 is 0. The monoisotopic (exact) mass is 388 g/mol. The van der Waals surface area contributed by atoms with Crippen molar-refractivity contribution in [3.8, 4) is 11.5 Å². The van der Waals surface area contributed by atoms with Crippen molar-refractivity contribution in [3.63, 3.8) is 0 Å². The predicted octanol–water partition coefficient (Wildman–Crippen LogP) is 3.11. The van der Waals surface area contributed by atoms with Crippen LogP contribution in [-0.2, 0) is 16.0 Å². The Labute approximate surface area is 168 Å². The number of aliphatic hydroxyl groups is 2. The summed E-state index contributed by atoms with van der Waals surface area (Å²) in [5.74, 6) is -0.522. The van der Waals surface area contributed by atoms with Gasteiger partial charge in [-0.3, -0.25) is 4.79 Å². The summed E-state index contributed by atoms with van der Waals surface area (Å²) in [6.45, 7) is 0. The molecule has 0 spiro atoms. The van der Waals surface area contributed by atoms with Gasteiger partial charge in [0, 0.05) is 6.42 Å². The van der Waals surface area contributed by atoms with Crippen LogP contribution in [0.5, 0.6) is 11.5 Å². The third-order valence-corrected chi connectivity index (χ3v) is 6.13. The summed E-state index contributed by atoms with van der Waals surface area (Å²) in [7, 11) is 1.56. The molecular weight excluding hydrogens is 368 g/mol. The minimum absolute atomic E-state index is 0.0481. The van der Waals surface area contributed by atoms with E-state index < -0.39 is 23.1 Å². The Bertz CT molecular complexity index is 1050. The van der Waals surface area contributed by atoms with E-state index in [4.69, 9.17) is 9.47 Å². The van der Waals surface area contributed by atoms with Gasteiger partial charge in [-0.05, 0) is 46.5 Å². The number of carbonyl (C=O) groups excluding carboxylic acids is 1. The standard InChI is InChI=1S/C24H20O5/c1-28-15-10-12-16(13-11-15)29-22(25)21-14-23(26)17-6-2-4-8-19(17)24(21,27)20-9-5-3-7-18(20)23/h2-13,21,26-27H,14H2,1H3. The number of carbonyl (C=O) groups is 1. The first-order valence-electron chi connectivity index (χ1n) is 9.49. The second-order valence-electron chi connectivity index (χ2n) is 7.57. The minimum Gasteiger partial charge on any atom is -0.497 e. The zero-order chi connectivity index (χ0) is 20.2. The van der Waals surface area contributed by atoms with Gasteiger partial charge in [0.1, 0.15) is 22.7 Å². The Hall–Kier alpha value is -3.15. The highest BCUT2D eigenvalue weighted by atomic mass is 16.5. The summed E-state index contributed by atoms with van der Waals surface area (Å²) < 4.78 is 10.7. The molecule has 6 rings (SSSR count). The lowest BCUT2D eigenvalue weighted by molar-refractivity contribution is -0.157. The van der Waals surface area contributed by atoms with Crippen LogP contribution in [0.3, 0.4) is 0 Å². The first-order chi connectivity index (χ1) is 14.0. The smallest absolute Gasteiger partial charge is 0.318 e. The zero-order valence-electron chi connectivity index (χ0n) is 15.8. The Balaban J connectivity index is 1.60. The SMILES string of the molecule is COc1ccc(OC(=O)C2CC3(O)c4ccccc4C2(O)c2ccccc23)cc1. The van der Waals surface area contributed by atoms with Gasteiger partial charge in [-0.15, -0.1) is 0 Å². The van der Waals surface area contributed by atoms with E-state index in [0.29, 0.717) is 33.8 Å². The van der Waals surface area contributed by atoms with E-state index >= 15 is 0 Å². The summed E-state index contributed by atoms with van der Waals surface area (Å²) in [5.41, 5.74) is -0.569. The van der Waals surface area contributed by atoms with Gasteiger partial charge in [0.15, 0.2) is 0 Å². The van der Waals surface area contributed by atoms with Gasteiger partial charge < -0.3 is 19.7 Å². The molecule has 2 bridgehead atoms. The van der Waals surface area contributed by atoms with Crippen LogP contribution in [-0.4, -0.2) is 23.3 Å². The van der Waals surface area contributed by atoms with Gasteiger partial charge in [-0.1, -0.05) is 48.5 Å². The molecule has 1 atom stereocenters. The van der Waals surface area contributed by atoms with Crippen molar-refractivity contribution in [1.29, 1.82) is 0 Å². The first-order valence-corrected chi connectivity index (χ1v) is 9.49. The molecule has 0 fully saturated rings. The van der Waals surface area contributed by atoms with Gasteiger partial charge in [-0.25, -0.2) is 0 Å². The maximum atomic E-state index is 13.2. The second-order valence-corrected chi connectivity index (χ2v) is 7.57. The molecule has 3 aliphatic carbocycles. The number of ether oxygens (including phenoxy) is 2. The average Bonchev–Trinajstić information content (AvgIpc) is 2.76. The normalized spacial score (nSPS) is 26.4. The average molecular weight is 388 g/mol. The highest BCUT2D eigenvalue weighted by molar-refractivity contribution is 5.81. The molecule has 0 saturated heterocycles. The highest BCUT2D eigenvalue weighted by Crippen LogP contribution is 2.59. The van der Waals surface area contributed by atoms with Crippen molar-refractivity contribution in [2.45, 2.75) is 17.6 Å². The molecule has 0 radical (unpaired) electrons. The molecule has 0 heterocycles. The van der Waals surface area contributed by atoms with Gasteiger partial charge >= 0.3 is 5.97 Å². The Morgan fingerprint density at radius 2 is 1.31 bits per heavy atom. The van der Waals surface area contributed by atoms with E-state index in [-0.39, 0.29) is 6.42 Å². The molecule has 0 aliphatic heterocycles. The molecule has 0 amide bonds. The van der Waals surface area contributed by atoms with Crippen molar-refractivity contribution >= 4 is 5.97 Å². The Kier molecular flexibility index (Phi) is 3.81. The van der Waals surface area contributed by atoms with E-state index in [9.17, 15) is 15.0 Å². The number of hydrogen-bond donors (Lipinski definition) is 2. The van der Waals surface area contributed by atoms with Crippen LogP contribution < -0.4 is 9.47 Å². The Morgan fingerprint density at radius 1 is 0.828 bits per heavy atom. The molecule has 5 heteroatoms. The van der Waals surface area contributed by atoms with Crippen molar-refractivity contribution in [2.24, 2.45) is 5.92 Å². The number of benzene rings is 3. The summed E-state index contributed by atoms with van der Waals surface area (Å²) in [6.07, 6.45) is 0.0481. The molecule has 0 saturated carbocycles. The van der Waals surface area contributed by atoms with Crippen LogP contribution in [0.15, 0.2) is 72.8 Å². The second kappa shape index (κ2) is 6.17. The van der Waals surface area contributed by atoms with Crippen LogP contribution in [0.4, 0.5) is 0 Å². The first kappa shape index (κ1) is 17.9.